The summed E-state index contributed by atoms with van der Waals surface area (Å²) in [5.41, 5.74) is -1.26. The summed E-state index contributed by atoms with van der Waals surface area (Å²) in [6.45, 7) is 6.29. The van der Waals surface area contributed by atoms with Gasteiger partial charge in [-0.1, -0.05) is 40.0 Å². The smallest absolute Gasteiger partial charge is 0.0862 e. The molecule has 0 aromatic heterocycles. The highest BCUT2D eigenvalue weighted by atomic mass is 16.3. The fourth-order valence-corrected chi connectivity index (χ4v) is 3.35. The molecule has 0 amide bonds. The van der Waals surface area contributed by atoms with E-state index in [4.69, 9.17) is 0 Å². The summed E-state index contributed by atoms with van der Waals surface area (Å²) in [5, 5.41) is 20.3. The molecule has 1 rings (SSSR count). The van der Waals surface area contributed by atoms with Crippen LogP contribution >= 0.6 is 0 Å². The van der Waals surface area contributed by atoms with Crippen molar-refractivity contribution in [3.63, 3.8) is 0 Å². The monoisotopic (exact) mass is 223 g/mol. The fourth-order valence-electron chi connectivity index (χ4n) is 3.35. The van der Waals surface area contributed by atoms with E-state index in [2.05, 4.69) is 19.9 Å². The molecule has 1 aliphatic carbocycles. The number of nitriles is 1. The molecular formula is C14H25NO. The van der Waals surface area contributed by atoms with Crippen LogP contribution in [0.25, 0.3) is 0 Å². The molecule has 0 radical (unpaired) electrons. The van der Waals surface area contributed by atoms with Crippen LogP contribution in [-0.4, -0.2) is 10.7 Å². The molecule has 0 heterocycles. The first-order valence-electron chi connectivity index (χ1n) is 6.67. The number of rotatable bonds is 4. The van der Waals surface area contributed by atoms with Crippen molar-refractivity contribution >= 4 is 0 Å². The molecule has 0 saturated heterocycles. The van der Waals surface area contributed by atoms with E-state index in [1.54, 1.807) is 0 Å². The van der Waals surface area contributed by atoms with Gasteiger partial charge >= 0.3 is 0 Å². The van der Waals surface area contributed by atoms with E-state index in [1.807, 2.05) is 6.92 Å². The summed E-state index contributed by atoms with van der Waals surface area (Å²) in [7, 11) is 0. The van der Waals surface area contributed by atoms with Gasteiger partial charge in [0.2, 0.25) is 0 Å². The van der Waals surface area contributed by atoms with Gasteiger partial charge in [0.15, 0.2) is 0 Å². The molecular weight excluding hydrogens is 198 g/mol. The number of nitrogens with zero attached hydrogens (tertiary/aromatic N) is 1. The van der Waals surface area contributed by atoms with Crippen molar-refractivity contribution in [2.45, 2.75) is 71.3 Å². The molecule has 0 spiro atoms. The topological polar surface area (TPSA) is 44.0 Å². The summed E-state index contributed by atoms with van der Waals surface area (Å²) in [6, 6.07) is 2.47. The van der Waals surface area contributed by atoms with E-state index >= 15 is 0 Å². The third-order valence-electron chi connectivity index (χ3n) is 4.35. The quantitative estimate of drug-likeness (QED) is 0.790. The molecule has 0 bridgehead atoms. The van der Waals surface area contributed by atoms with Gasteiger partial charge in [0.05, 0.1) is 17.1 Å². The van der Waals surface area contributed by atoms with Crippen molar-refractivity contribution in [3.05, 3.63) is 0 Å². The van der Waals surface area contributed by atoms with Gasteiger partial charge < -0.3 is 5.11 Å². The van der Waals surface area contributed by atoms with E-state index in [0.29, 0.717) is 12.3 Å². The van der Waals surface area contributed by atoms with Crippen molar-refractivity contribution < 1.29 is 5.11 Å². The second kappa shape index (κ2) is 5.19. The van der Waals surface area contributed by atoms with Gasteiger partial charge in [-0.2, -0.15) is 5.26 Å². The van der Waals surface area contributed by atoms with Crippen LogP contribution in [0.4, 0.5) is 0 Å². The Morgan fingerprint density at radius 3 is 2.62 bits per heavy atom. The minimum absolute atomic E-state index is 0.491. The summed E-state index contributed by atoms with van der Waals surface area (Å²) < 4.78 is 0. The van der Waals surface area contributed by atoms with Crippen LogP contribution in [0.15, 0.2) is 0 Å². The van der Waals surface area contributed by atoms with E-state index in [1.165, 1.54) is 6.42 Å². The van der Waals surface area contributed by atoms with Gasteiger partial charge in [-0.25, -0.2) is 0 Å². The molecule has 1 aliphatic rings. The van der Waals surface area contributed by atoms with Crippen LogP contribution in [0.3, 0.4) is 0 Å². The van der Waals surface area contributed by atoms with Crippen molar-refractivity contribution in [2.24, 2.45) is 11.3 Å². The normalized spacial score (nSPS) is 34.1. The second-order valence-corrected chi connectivity index (χ2v) is 5.53. The lowest BCUT2D eigenvalue weighted by molar-refractivity contribution is -0.0893. The largest absolute Gasteiger partial charge is 0.388 e. The fraction of sp³-hybridized carbons (Fsp3) is 0.929. The zero-order chi connectivity index (χ0) is 12.2. The van der Waals surface area contributed by atoms with Crippen molar-refractivity contribution in [1.29, 1.82) is 5.26 Å². The van der Waals surface area contributed by atoms with Gasteiger partial charge in [-0.05, 0) is 31.6 Å². The third-order valence-corrected chi connectivity index (χ3v) is 4.35. The molecule has 1 saturated carbocycles. The van der Waals surface area contributed by atoms with Gasteiger partial charge in [0.1, 0.15) is 0 Å². The maximum Gasteiger partial charge on any atom is 0.0862 e. The maximum atomic E-state index is 10.8. The van der Waals surface area contributed by atoms with E-state index in [0.717, 1.165) is 32.1 Å². The molecule has 92 valence electrons. The molecule has 2 heteroatoms. The predicted molar refractivity (Wildman–Crippen MR) is 65.8 cm³/mol. The highest BCUT2D eigenvalue weighted by Crippen LogP contribution is 2.49. The number of hydrogen-bond acceptors (Lipinski definition) is 2. The summed E-state index contributed by atoms with van der Waals surface area (Å²) in [4.78, 5) is 0. The molecule has 3 atom stereocenters. The number of hydrogen-bond donors (Lipinski definition) is 1. The molecule has 1 N–H and O–H groups in total. The van der Waals surface area contributed by atoms with Crippen molar-refractivity contribution in [2.75, 3.05) is 0 Å². The van der Waals surface area contributed by atoms with Gasteiger partial charge in [0.25, 0.3) is 0 Å². The Hall–Kier alpha value is -0.550. The highest BCUT2D eigenvalue weighted by molar-refractivity contribution is 5.12. The zero-order valence-corrected chi connectivity index (χ0v) is 10.9. The molecule has 0 aromatic rings. The molecule has 3 unspecified atom stereocenters. The van der Waals surface area contributed by atoms with E-state index < -0.39 is 11.0 Å². The average Bonchev–Trinajstić information content (AvgIpc) is 2.29. The van der Waals surface area contributed by atoms with Crippen LogP contribution in [0.2, 0.25) is 0 Å². The molecule has 16 heavy (non-hydrogen) atoms. The number of aliphatic hydroxyl groups is 1. The van der Waals surface area contributed by atoms with Crippen LogP contribution in [-0.2, 0) is 0 Å². The van der Waals surface area contributed by atoms with Crippen LogP contribution < -0.4 is 0 Å². The first-order valence-corrected chi connectivity index (χ1v) is 6.67. The lowest BCUT2D eigenvalue weighted by Crippen LogP contribution is -2.49. The van der Waals surface area contributed by atoms with Crippen LogP contribution in [0.5, 0.6) is 0 Å². The Morgan fingerprint density at radius 2 is 2.19 bits per heavy atom. The first-order chi connectivity index (χ1) is 7.53. The standard InChI is InChI=1S/C14H25NO/c1-4-8-14(16,5-2)13(11-15)9-6-7-12(3)10-13/h12,16H,4-10H2,1-3H3. The Labute approximate surface area is 99.7 Å². The van der Waals surface area contributed by atoms with Crippen molar-refractivity contribution in [3.8, 4) is 6.07 Å². The zero-order valence-electron chi connectivity index (χ0n) is 10.9. The Kier molecular flexibility index (Phi) is 4.38. The Morgan fingerprint density at radius 1 is 1.50 bits per heavy atom. The highest BCUT2D eigenvalue weighted by Gasteiger charge is 2.50. The SMILES string of the molecule is CCCC(O)(CC)C1(C#N)CCCC(C)C1. The van der Waals surface area contributed by atoms with E-state index in [-0.39, 0.29) is 0 Å². The second-order valence-electron chi connectivity index (χ2n) is 5.53. The lowest BCUT2D eigenvalue weighted by atomic mass is 9.59. The maximum absolute atomic E-state index is 10.8. The molecule has 1 fully saturated rings. The molecule has 2 nitrogen and oxygen atoms in total. The van der Waals surface area contributed by atoms with E-state index in [9.17, 15) is 10.4 Å². The lowest BCUT2D eigenvalue weighted by Gasteiger charge is -2.46. The van der Waals surface area contributed by atoms with Crippen molar-refractivity contribution in [1.82, 2.24) is 0 Å². The summed E-state index contributed by atoms with van der Waals surface area (Å²) in [6.07, 6.45) is 6.43. The third kappa shape index (κ3) is 2.25. The summed E-state index contributed by atoms with van der Waals surface area (Å²) >= 11 is 0. The molecule has 0 aliphatic heterocycles. The minimum atomic E-state index is -0.773. The Bertz CT molecular complexity index is 270. The molecule has 0 aromatic carbocycles. The van der Waals surface area contributed by atoms with Gasteiger partial charge in [-0.3, -0.25) is 0 Å². The van der Waals surface area contributed by atoms with Gasteiger partial charge in [-0.15, -0.1) is 0 Å². The predicted octanol–water partition coefficient (Wildman–Crippen LogP) is 3.65. The Balaban J connectivity index is 2.97. The average molecular weight is 223 g/mol. The summed E-state index contributed by atoms with van der Waals surface area (Å²) in [5.74, 6) is 0.573. The van der Waals surface area contributed by atoms with Crippen LogP contribution in [0, 0.1) is 22.7 Å². The minimum Gasteiger partial charge on any atom is -0.388 e. The first kappa shape index (κ1) is 13.5. The van der Waals surface area contributed by atoms with Gasteiger partial charge in [0, 0.05) is 0 Å². The van der Waals surface area contributed by atoms with Crippen LogP contribution in [0.1, 0.15) is 65.7 Å².